The van der Waals surface area contributed by atoms with Gasteiger partial charge in [-0.2, -0.15) is 0 Å². The van der Waals surface area contributed by atoms with Crippen molar-refractivity contribution in [3.63, 3.8) is 0 Å². The average Bonchev–Trinajstić information content (AvgIpc) is 2.73. The monoisotopic (exact) mass is 517 g/mol. The molecule has 3 aromatic rings. The number of benzene rings is 3. The summed E-state index contributed by atoms with van der Waals surface area (Å²) in [6, 6.07) is 13.5. The molecule has 6 nitrogen and oxygen atoms in total. The number of aryl methyl sites for hydroxylation is 1. The fourth-order valence-electron chi connectivity index (χ4n) is 3.42. The van der Waals surface area contributed by atoms with E-state index in [1.807, 2.05) is 0 Å². The number of halogens is 2. The lowest BCUT2D eigenvalue weighted by Crippen LogP contribution is -2.26. The number of hydrogen-bond acceptors (Lipinski definition) is 5. The lowest BCUT2D eigenvalue weighted by Gasteiger charge is -2.23. The molecule has 0 amide bonds. The van der Waals surface area contributed by atoms with Crippen LogP contribution < -0.4 is 4.72 Å². The van der Waals surface area contributed by atoms with Crippen LogP contribution in [0.3, 0.4) is 0 Å². The lowest BCUT2D eigenvalue weighted by atomic mass is 9.82. The van der Waals surface area contributed by atoms with Gasteiger partial charge in [0.15, 0.2) is 11.6 Å². The second kappa shape index (κ2) is 7.71. The first kappa shape index (κ1) is 21.4. The van der Waals surface area contributed by atoms with E-state index < -0.39 is 26.8 Å². The molecule has 156 valence electrons. The molecule has 3 aromatic carbocycles. The van der Waals surface area contributed by atoms with Gasteiger partial charge in [-0.3, -0.25) is 19.1 Å². The van der Waals surface area contributed by atoms with Crippen LogP contribution in [0.2, 0.25) is 0 Å². The van der Waals surface area contributed by atoms with Crippen LogP contribution in [0.4, 0.5) is 5.69 Å². The van der Waals surface area contributed by atoms with Gasteiger partial charge in [-0.05, 0) is 52.7 Å². The van der Waals surface area contributed by atoms with Crippen LogP contribution in [0.5, 0.6) is 0 Å². The molecule has 0 aliphatic heterocycles. The van der Waals surface area contributed by atoms with E-state index in [-0.39, 0.29) is 42.9 Å². The van der Waals surface area contributed by atoms with E-state index in [9.17, 15) is 22.8 Å². The Bertz CT molecular complexity index is 1400. The smallest absolute Gasteiger partial charge is 0.261 e. The van der Waals surface area contributed by atoms with Crippen LogP contribution >= 0.6 is 27.5 Å². The fraction of sp³-hybridized carbons (Fsp3) is 0.0455. The van der Waals surface area contributed by atoms with Crippen molar-refractivity contribution in [3.8, 4) is 0 Å². The van der Waals surface area contributed by atoms with Crippen molar-refractivity contribution < 1.29 is 22.8 Å². The molecule has 1 aliphatic rings. The molecule has 31 heavy (non-hydrogen) atoms. The van der Waals surface area contributed by atoms with Gasteiger partial charge < -0.3 is 0 Å². The third-order valence-corrected chi connectivity index (χ3v) is 7.12. The van der Waals surface area contributed by atoms with Crippen molar-refractivity contribution in [3.05, 3.63) is 92.5 Å². The van der Waals surface area contributed by atoms with Crippen LogP contribution in [0.25, 0.3) is 0 Å². The molecule has 0 radical (unpaired) electrons. The molecule has 0 heterocycles. The average molecular weight is 519 g/mol. The highest BCUT2D eigenvalue weighted by Crippen LogP contribution is 2.40. The normalized spacial score (nSPS) is 12.9. The Hall–Kier alpha value is -2.81. The van der Waals surface area contributed by atoms with Crippen LogP contribution in [0, 0.1) is 6.92 Å². The highest BCUT2D eigenvalue weighted by molar-refractivity contribution is 9.10. The summed E-state index contributed by atoms with van der Waals surface area (Å²) in [7, 11) is -4.19. The summed E-state index contributed by atoms with van der Waals surface area (Å²) < 4.78 is 28.5. The standard InChI is InChI=1S/C22H13BrClNO5S/c1-11-6-8-12(9-7-11)31(29,30)25-19-15(22(24)28)10-16(23)17-18(19)21(27)14-5-3-2-4-13(14)20(17)26/h2-10,25H,1H3. The Morgan fingerprint density at radius 1 is 0.935 bits per heavy atom. The summed E-state index contributed by atoms with van der Waals surface area (Å²) in [5.74, 6) is -1.06. The topological polar surface area (TPSA) is 97.4 Å². The van der Waals surface area contributed by atoms with Gasteiger partial charge >= 0.3 is 0 Å². The Morgan fingerprint density at radius 3 is 2.03 bits per heavy atom. The first-order valence-corrected chi connectivity index (χ1v) is 11.6. The third kappa shape index (κ3) is 3.60. The van der Waals surface area contributed by atoms with E-state index >= 15 is 0 Å². The summed E-state index contributed by atoms with van der Waals surface area (Å²) >= 11 is 8.94. The maximum absolute atomic E-state index is 13.3. The van der Waals surface area contributed by atoms with Gasteiger partial charge in [-0.1, -0.05) is 42.0 Å². The van der Waals surface area contributed by atoms with Crippen molar-refractivity contribution in [1.29, 1.82) is 0 Å². The SMILES string of the molecule is Cc1ccc(S(=O)(=O)Nc2c(C(=O)Cl)cc(Br)c3c2C(=O)c2ccccc2C3=O)cc1. The van der Waals surface area contributed by atoms with Crippen LogP contribution in [0.1, 0.15) is 47.8 Å². The van der Waals surface area contributed by atoms with Crippen LogP contribution in [-0.2, 0) is 10.0 Å². The van der Waals surface area contributed by atoms with Crippen molar-refractivity contribution >= 4 is 60.1 Å². The van der Waals surface area contributed by atoms with Crippen molar-refractivity contribution in [2.24, 2.45) is 0 Å². The summed E-state index contributed by atoms with van der Waals surface area (Å²) in [5, 5.41) is -0.982. The number of fused-ring (bicyclic) bond motifs is 2. The fourth-order valence-corrected chi connectivity index (χ4v) is 5.27. The number of anilines is 1. The van der Waals surface area contributed by atoms with Crippen molar-refractivity contribution in [1.82, 2.24) is 0 Å². The zero-order chi connectivity index (χ0) is 22.5. The summed E-state index contributed by atoms with van der Waals surface area (Å²) in [6.07, 6.45) is 0. The Balaban J connectivity index is 1.98. The lowest BCUT2D eigenvalue weighted by molar-refractivity contribution is 0.0978. The van der Waals surface area contributed by atoms with Gasteiger partial charge in [0.2, 0.25) is 0 Å². The summed E-state index contributed by atoms with van der Waals surface area (Å²) in [5.41, 5.74) is 0.327. The molecule has 0 unspecified atom stereocenters. The third-order valence-electron chi connectivity index (χ3n) is 4.93. The van der Waals surface area contributed by atoms with E-state index in [1.165, 1.54) is 30.3 Å². The maximum Gasteiger partial charge on any atom is 0.261 e. The molecule has 0 bridgehead atoms. The van der Waals surface area contributed by atoms with Gasteiger partial charge in [0.1, 0.15) is 0 Å². The molecule has 0 fully saturated rings. The predicted molar refractivity (Wildman–Crippen MR) is 120 cm³/mol. The highest BCUT2D eigenvalue weighted by Gasteiger charge is 2.36. The second-order valence-electron chi connectivity index (χ2n) is 6.93. The number of ketones is 2. The number of carbonyl (C=O) groups is 3. The molecule has 1 aliphatic carbocycles. The number of sulfonamides is 1. The second-order valence-corrected chi connectivity index (χ2v) is 9.81. The first-order valence-electron chi connectivity index (χ1n) is 8.96. The van der Waals surface area contributed by atoms with Crippen LogP contribution in [0.15, 0.2) is 64.0 Å². The Labute approximate surface area is 191 Å². The van der Waals surface area contributed by atoms with Crippen molar-refractivity contribution in [2.45, 2.75) is 11.8 Å². The van der Waals surface area contributed by atoms with Crippen LogP contribution in [-0.4, -0.2) is 25.2 Å². The zero-order valence-corrected chi connectivity index (χ0v) is 19.1. The van der Waals surface area contributed by atoms with E-state index in [2.05, 4.69) is 20.7 Å². The van der Waals surface area contributed by atoms with Gasteiger partial charge in [0.05, 0.1) is 27.3 Å². The molecule has 0 atom stereocenters. The number of rotatable bonds is 4. The van der Waals surface area contributed by atoms with Crippen molar-refractivity contribution in [2.75, 3.05) is 4.72 Å². The summed E-state index contributed by atoms with van der Waals surface area (Å²) in [4.78, 5) is 38.5. The highest BCUT2D eigenvalue weighted by atomic mass is 79.9. The minimum atomic E-state index is -4.19. The Kier molecular flexibility index (Phi) is 5.33. The van der Waals surface area contributed by atoms with E-state index in [0.29, 0.717) is 0 Å². The number of hydrogen-bond donors (Lipinski definition) is 1. The molecule has 0 saturated heterocycles. The maximum atomic E-state index is 13.3. The van der Waals surface area contributed by atoms with E-state index in [0.717, 1.165) is 5.56 Å². The largest absolute Gasteiger partial charge is 0.289 e. The first-order chi connectivity index (χ1) is 14.6. The quantitative estimate of drug-likeness (QED) is 0.395. The zero-order valence-electron chi connectivity index (χ0n) is 15.9. The molecule has 0 saturated carbocycles. The van der Waals surface area contributed by atoms with E-state index in [4.69, 9.17) is 11.6 Å². The van der Waals surface area contributed by atoms with E-state index in [1.54, 1.807) is 31.2 Å². The molecule has 4 rings (SSSR count). The van der Waals surface area contributed by atoms with Gasteiger partial charge in [0, 0.05) is 15.6 Å². The molecular weight excluding hydrogens is 506 g/mol. The molecule has 1 N–H and O–H groups in total. The predicted octanol–water partition coefficient (Wildman–Crippen LogP) is 4.71. The minimum absolute atomic E-state index is 0.0352. The molecule has 0 aromatic heterocycles. The van der Waals surface area contributed by atoms with Gasteiger partial charge in [-0.25, -0.2) is 8.42 Å². The Morgan fingerprint density at radius 2 is 1.48 bits per heavy atom. The summed E-state index contributed by atoms with van der Waals surface area (Å²) in [6.45, 7) is 1.81. The number of carbonyl (C=O) groups excluding carboxylic acids is 3. The number of nitrogens with one attached hydrogen (secondary N) is 1. The van der Waals surface area contributed by atoms with Gasteiger partial charge in [-0.15, -0.1) is 0 Å². The molecular formula is C22H13BrClNO5S. The molecule has 9 heteroatoms. The molecule has 0 spiro atoms. The minimum Gasteiger partial charge on any atom is -0.289 e. The van der Waals surface area contributed by atoms with Gasteiger partial charge in [0.25, 0.3) is 15.3 Å².